The van der Waals surface area contributed by atoms with E-state index in [1.54, 1.807) is 11.3 Å². The van der Waals surface area contributed by atoms with Crippen molar-refractivity contribution in [3.63, 3.8) is 0 Å². The number of anilines is 1. The fourth-order valence-corrected chi connectivity index (χ4v) is 3.56. The summed E-state index contributed by atoms with van der Waals surface area (Å²) in [6.45, 7) is 2.18. The van der Waals surface area contributed by atoms with Gasteiger partial charge in [0.15, 0.2) is 0 Å². The van der Waals surface area contributed by atoms with Crippen LogP contribution in [-0.4, -0.2) is 4.98 Å². The van der Waals surface area contributed by atoms with Crippen LogP contribution in [0, 0.1) is 0 Å². The van der Waals surface area contributed by atoms with Crippen LogP contribution < -0.4 is 5.32 Å². The standard InChI is InChI=1S/C15H13BrN2S/c1-10(15-7-12(16)9-19-15)18-14-4-2-3-11-8-17-6-5-13(11)14/h2-10,18H,1H3. The van der Waals surface area contributed by atoms with Crippen molar-refractivity contribution in [2.75, 3.05) is 5.32 Å². The molecule has 2 aromatic heterocycles. The fraction of sp³-hybridized carbons (Fsp3) is 0.133. The van der Waals surface area contributed by atoms with Crippen LogP contribution in [0.2, 0.25) is 0 Å². The highest BCUT2D eigenvalue weighted by molar-refractivity contribution is 9.10. The number of nitrogens with one attached hydrogen (secondary N) is 1. The quantitative estimate of drug-likeness (QED) is 0.710. The van der Waals surface area contributed by atoms with E-state index in [9.17, 15) is 0 Å². The molecule has 0 amide bonds. The lowest BCUT2D eigenvalue weighted by Gasteiger charge is -2.15. The SMILES string of the molecule is CC(Nc1cccc2cnccc12)c1cc(Br)cs1. The van der Waals surface area contributed by atoms with E-state index in [-0.39, 0.29) is 6.04 Å². The van der Waals surface area contributed by atoms with Crippen molar-refractivity contribution >= 4 is 43.7 Å². The molecule has 96 valence electrons. The smallest absolute Gasteiger partial charge is 0.0579 e. The highest BCUT2D eigenvalue weighted by Gasteiger charge is 2.09. The van der Waals surface area contributed by atoms with Gasteiger partial charge in [-0.1, -0.05) is 12.1 Å². The Hall–Kier alpha value is -1.39. The molecule has 0 bridgehead atoms. The van der Waals surface area contributed by atoms with Gasteiger partial charge in [-0.25, -0.2) is 0 Å². The third-order valence-electron chi connectivity index (χ3n) is 3.07. The maximum atomic E-state index is 4.16. The zero-order valence-electron chi connectivity index (χ0n) is 10.4. The zero-order valence-corrected chi connectivity index (χ0v) is 12.8. The van der Waals surface area contributed by atoms with Crippen molar-refractivity contribution < 1.29 is 0 Å². The Morgan fingerprint density at radius 2 is 2.21 bits per heavy atom. The van der Waals surface area contributed by atoms with Gasteiger partial charge in [-0.2, -0.15) is 0 Å². The van der Waals surface area contributed by atoms with Gasteiger partial charge in [0, 0.05) is 43.6 Å². The van der Waals surface area contributed by atoms with Gasteiger partial charge in [-0.15, -0.1) is 11.3 Å². The Morgan fingerprint density at radius 1 is 1.32 bits per heavy atom. The molecule has 1 N–H and O–H groups in total. The van der Waals surface area contributed by atoms with Crippen LogP contribution in [0.1, 0.15) is 17.8 Å². The van der Waals surface area contributed by atoms with E-state index in [1.807, 2.05) is 12.4 Å². The Bertz CT molecular complexity index is 703. The topological polar surface area (TPSA) is 24.9 Å². The van der Waals surface area contributed by atoms with Crippen molar-refractivity contribution in [2.45, 2.75) is 13.0 Å². The average molecular weight is 333 g/mol. The van der Waals surface area contributed by atoms with Crippen LogP contribution in [-0.2, 0) is 0 Å². The summed E-state index contributed by atoms with van der Waals surface area (Å²) in [4.78, 5) is 5.48. The van der Waals surface area contributed by atoms with Crippen molar-refractivity contribution in [1.82, 2.24) is 4.98 Å². The summed E-state index contributed by atoms with van der Waals surface area (Å²) in [5.74, 6) is 0. The summed E-state index contributed by atoms with van der Waals surface area (Å²) in [5, 5.41) is 8.06. The third kappa shape index (κ3) is 2.65. The van der Waals surface area contributed by atoms with E-state index in [1.165, 1.54) is 10.3 Å². The number of rotatable bonds is 3. The molecule has 0 radical (unpaired) electrons. The molecule has 2 heterocycles. The number of aromatic nitrogens is 1. The van der Waals surface area contributed by atoms with Gasteiger partial charge in [0.25, 0.3) is 0 Å². The van der Waals surface area contributed by atoms with Crippen molar-refractivity contribution in [3.05, 3.63) is 57.5 Å². The maximum Gasteiger partial charge on any atom is 0.0579 e. The minimum absolute atomic E-state index is 0.287. The first-order chi connectivity index (χ1) is 9.24. The molecule has 3 rings (SSSR count). The molecule has 2 nitrogen and oxygen atoms in total. The van der Waals surface area contributed by atoms with E-state index in [0.29, 0.717) is 0 Å². The van der Waals surface area contributed by atoms with Gasteiger partial charge in [0.05, 0.1) is 6.04 Å². The molecule has 4 heteroatoms. The predicted molar refractivity (Wildman–Crippen MR) is 85.8 cm³/mol. The lowest BCUT2D eigenvalue weighted by molar-refractivity contribution is 0.910. The molecule has 3 aromatic rings. The maximum absolute atomic E-state index is 4.16. The summed E-state index contributed by atoms with van der Waals surface area (Å²) in [6, 6.07) is 10.8. The van der Waals surface area contributed by atoms with Gasteiger partial charge in [-0.3, -0.25) is 4.98 Å². The summed E-state index contributed by atoms with van der Waals surface area (Å²) in [5.41, 5.74) is 1.15. The molecular weight excluding hydrogens is 320 g/mol. The molecule has 0 fully saturated rings. The largest absolute Gasteiger partial charge is 0.377 e. The second kappa shape index (κ2) is 5.31. The number of fused-ring (bicyclic) bond motifs is 1. The summed E-state index contributed by atoms with van der Waals surface area (Å²) >= 11 is 5.26. The Kier molecular flexibility index (Phi) is 3.53. The number of benzene rings is 1. The molecule has 0 aliphatic carbocycles. The highest BCUT2D eigenvalue weighted by Crippen LogP contribution is 2.30. The van der Waals surface area contributed by atoms with Crippen molar-refractivity contribution in [3.8, 4) is 0 Å². The average Bonchev–Trinajstić information content (AvgIpc) is 2.86. The van der Waals surface area contributed by atoms with Crippen LogP contribution in [0.5, 0.6) is 0 Å². The van der Waals surface area contributed by atoms with Crippen LogP contribution in [0.25, 0.3) is 10.8 Å². The van der Waals surface area contributed by atoms with E-state index >= 15 is 0 Å². The van der Waals surface area contributed by atoms with Gasteiger partial charge >= 0.3 is 0 Å². The number of pyridine rings is 1. The minimum atomic E-state index is 0.287. The summed E-state index contributed by atoms with van der Waals surface area (Å²) in [6.07, 6.45) is 3.73. The lowest BCUT2D eigenvalue weighted by Crippen LogP contribution is -2.05. The number of nitrogens with zero attached hydrogens (tertiary/aromatic N) is 1. The molecule has 0 aliphatic rings. The molecule has 1 aromatic carbocycles. The first-order valence-corrected chi connectivity index (χ1v) is 7.74. The normalized spacial score (nSPS) is 12.5. The third-order valence-corrected chi connectivity index (χ3v) is 4.94. The predicted octanol–water partition coefficient (Wildman–Crippen LogP) is 5.23. The first kappa shape index (κ1) is 12.6. The molecule has 0 saturated carbocycles. The van der Waals surface area contributed by atoms with Crippen LogP contribution >= 0.6 is 27.3 Å². The molecule has 0 spiro atoms. The molecule has 0 aliphatic heterocycles. The zero-order chi connectivity index (χ0) is 13.2. The van der Waals surface area contributed by atoms with E-state index < -0.39 is 0 Å². The Morgan fingerprint density at radius 3 is 3.00 bits per heavy atom. The molecular formula is C15H13BrN2S. The number of halogens is 1. The number of hydrogen-bond acceptors (Lipinski definition) is 3. The monoisotopic (exact) mass is 332 g/mol. The second-order valence-electron chi connectivity index (χ2n) is 4.44. The van der Waals surface area contributed by atoms with Gasteiger partial charge < -0.3 is 5.32 Å². The molecule has 19 heavy (non-hydrogen) atoms. The minimum Gasteiger partial charge on any atom is -0.377 e. The first-order valence-electron chi connectivity index (χ1n) is 6.07. The summed E-state index contributed by atoms with van der Waals surface area (Å²) < 4.78 is 1.14. The molecule has 0 saturated heterocycles. The summed E-state index contributed by atoms with van der Waals surface area (Å²) in [7, 11) is 0. The van der Waals surface area contributed by atoms with Crippen LogP contribution in [0.3, 0.4) is 0 Å². The van der Waals surface area contributed by atoms with Crippen molar-refractivity contribution in [1.29, 1.82) is 0 Å². The van der Waals surface area contributed by atoms with Crippen LogP contribution in [0.15, 0.2) is 52.6 Å². The van der Waals surface area contributed by atoms with E-state index in [0.717, 1.165) is 15.5 Å². The number of hydrogen-bond donors (Lipinski definition) is 1. The Labute approximate surface area is 124 Å². The second-order valence-corrected chi connectivity index (χ2v) is 6.29. The van der Waals surface area contributed by atoms with Gasteiger partial charge in [-0.05, 0) is 41.1 Å². The van der Waals surface area contributed by atoms with E-state index in [4.69, 9.17) is 0 Å². The fourth-order valence-electron chi connectivity index (χ4n) is 2.11. The lowest BCUT2D eigenvalue weighted by atomic mass is 10.1. The van der Waals surface area contributed by atoms with Crippen molar-refractivity contribution in [2.24, 2.45) is 0 Å². The highest BCUT2D eigenvalue weighted by atomic mass is 79.9. The van der Waals surface area contributed by atoms with Crippen LogP contribution in [0.4, 0.5) is 5.69 Å². The molecule has 1 atom stereocenters. The molecule has 1 unspecified atom stereocenters. The number of thiophene rings is 1. The van der Waals surface area contributed by atoms with Gasteiger partial charge in [0.2, 0.25) is 0 Å². The Balaban J connectivity index is 1.93. The van der Waals surface area contributed by atoms with Gasteiger partial charge in [0.1, 0.15) is 0 Å². The van der Waals surface area contributed by atoms with E-state index in [2.05, 4.69) is 68.9 Å².